The second kappa shape index (κ2) is 9.66. The van der Waals surface area contributed by atoms with Gasteiger partial charge < -0.3 is 20.5 Å². The van der Waals surface area contributed by atoms with Gasteiger partial charge in [-0.3, -0.25) is 4.79 Å². The Balaban J connectivity index is 2.33. The molecule has 1 atom stereocenters. The Morgan fingerprint density at radius 3 is 2.32 bits per heavy atom. The maximum absolute atomic E-state index is 12.0. The summed E-state index contributed by atoms with van der Waals surface area (Å²) >= 11 is 0. The minimum Gasteiger partial charge on any atom is -0.480 e. The zero-order valence-electron chi connectivity index (χ0n) is 14.9. The summed E-state index contributed by atoms with van der Waals surface area (Å²) in [6.07, 6.45) is 0.912. The molecule has 7 heteroatoms. The second-order valence-corrected chi connectivity index (χ2v) is 6.65. The third-order valence-corrected chi connectivity index (χ3v) is 3.23. The highest BCUT2D eigenvalue weighted by Gasteiger charge is 2.20. The molecule has 0 unspecified atom stereocenters. The van der Waals surface area contributed by atoms with Crippen LogP contribution in [-0.4, -0.2) is 41.3 Å². The van der Waals surface area contributed by atoms with Crippen LogP contribution in [0.1, 0.15) is 50.4 Å². The molecule has 3 N–H and O–H groups in total. The van der Waals surface area contributed by atoms with E-state index in [0.29, 0.717) is 24.9 Å². The van der Waals surface area contributed by atoms with E-state index in [-0.39, 0.29) is 6.42 Å². The molecule has 0 heterocycles. The molecule has 2 amide bonds. The molecule has 1 rings (SSSR count). The fourth-order valence-corrected chi connectivity index (χ4v) is 2.07. The molecule has 0 fully saturated rings. The summed E-state index contributed by atoms with van der Waals surface area (Å²) in [7, 11) is 0. The number of alkyl carbamates (subject to hydrolysis) is 1. The van der Waals surface area contributed by atoms with Crippen LogP contribution >= 0.6 is 0 Å². The highest BCUT2D eigenvalue weighted by molar-refractivity contribution is 5.96. The van der Waals surface area contributed by atoms with Crippen LogP contribution in [0.25, 0.3) is 0 Å². The van der Waals surface area contributed by atoms with Crippen molar-refractivity contribution < 1.29 is 24.2 Å². The van der Waals surface area contributed by atoms with Crippen molar-refractivity contribution in [3.8, 4) is 0 Å². The lowest BCUT2D eigenvalue weighted by molar-refractivity contribution is -0.139. The predicted octanol–water partition coefficient (Wildman–Crippen LogP) is 2.56. The zero-order valence-corrected chi connectivity index (χ0v) is 14.9. The van der Waals surface area contributed by atoms with Gasteiger partial charge >= 0.3 is 12.1 Å². The van der Waals surface area contributed by atoms with Gasteiger partial charge in [-0.15, -0.1) is 0 Å². The van der Waals surface area contributed by atoms with Crippen molar-refractivity contribution >= 4 is 18.0 Å². The first kappa shape index (κ1) is 20.5. The number of nitrogens with one attached hydrogen (secondary N) is 2. The topological polar surface area (TPSA) is 105 Å². The SMILES string of the molecule is CC(C)(C)OC(=O)NCCCC[C@H](NC(=O)c1ccccc1)C(=O)O. The molecule has 0 spiro atoms. The Kier molecular flexibility index (Phi) is 7.91. The van der Waals surface area contributed by atoms with Crippen molar-refractivity contribution in [1.29, 1.82) is 0 Å². The third-order valence-electron chi connectivity index (χ3n) is 3.23. The largest absolute Gasteiger partial charge is 0.480 e. The maximum Gasteiger partial charge on any atom is 0.407 e. The number of carboxylic acid groups (broad SMARTS) is 1. The van der Waals surface area contributed by atoms with Crippen LogP contribution in [0.15, 0.2) is 30.3 Å². The number of unbranched alkanes of at least 4 members (excludes halogenated alkanes) is 1. The standard InChI is InChI=1S/C18H26N2O5/c1-18(2,3)25-17(24)19-12-8-7-11-14(16(22)23)20-15(21)13-9-5-4-6-10-13/h4-6,9-10,14H,7-8,11-12H2,1-3H3,(H,19,24)(H,20,21)(H,22,23)/t14-/m0/s1. The van der Waals surface area contributed by atoms with E-state index in [2.05, 4.69) is 10.6 Å². The molecule has 0 radical (unpaired) electrons. The van der Waals surface area contributed by atoms with E-state index in [0.717, 1.165) is 0 Å². The molecule has 0 saturated carbocycles. The number of hydrogen-bond acceptors (Lipinski definition) is 4. The number of amides is 2. The molecule has 25 heavy (non-hydrogen) atoms. The Bertz CT molecular complexity index is 581. The van der Waals surface area contributed by atoms with Crippen LogP contribution in [0.5, 0.6) is 0 Å². The third kappa shape index (κ3) is 8.74. The van der Waals surface area contributed by atoms with E-state index in [9.17, 15) is 19.5 Å². The van der Waals surface area contributed by atoms with E-state index in [1.165, 1.54) is 0 Å². The van der Waals surface area contributed by atoms with Gasteiger partial charge in [-0.25, -0.2) is 9.59 Å². The van der Waals surface area contributed by atoms with Gasteiger partial charge in [0.25, 0.3) is 5.91 Å². The zero-order chi connectivity index (χ0) is 18.9. The minimum absolute atomic E-state index is 0.282. The van der Waals surface area contributed by atoms with E-state index in [1.807, 2.05) is 0 Å². The summed E-state index contributed by atoms with van der Waals surface area (Å²) in [6.45, 7) is 5.71. The minimum atomic E-state index is -1.08. The Morgan fingerprint density at radius 2 is 1.76 bits per heavy atom. The smallest absolute Gasteiger partial charge is 0.407 e. The lowest BCUT2D eigenvalue weighted by Gasteiger charge is -2.19. The van der Waals surface area contributed by atoms with Crippen molar-refractivity contribution in [1.82, 2.24) is 10.6 Å². The number of carbonyl (C=O) groups excluding carboxylic acids is 2. The molecule has 0 saturated heterocycles. The highest BCUT2D eigenvalue weighted by atomic mass is 16.6. The van der Waals surface area contributed by atoms with Crippen molar-refractivity contribution in [2.75, 3.05) is 6.54 Å². The van der Waals surface area contributed by atoms with Crippen molar-refractivity contribution in [3.05, 3.63) is 35.9 Å². The summed E-state index contributed by atoms with van der Waals surface area (Å²) in [6, 6.07) is 7.50. The molecular formula is C18H26N2O5. The molecule has 0 aliphatic heterocycles. The van der Waals surface area contributed by atoms with Gasteiger partial charge in [-0.2, -0.15) is 0 Å². The average Bonchev–Trinajstić information content (AvgIpc) is 2.52. The van der Waals surface area contributed by atoms with E-state index < -0.39 is 29.6 Å². The van der Waals surface area contributed by atoms with Gasteiger partial charge in [0.05, 0.1) is 0 Å². The van der Waals surface area contributed by atoms with Gasteiger partial charge in [-0.05, 0) is 52.2 Å². The van der Waals surface area contributed by atoms with Crippen LogP contribution in [0, 0.1) is 0 Å². The lowest BCUT2D eigenvalue weighted by atomic mass is 10.1. The van der Waals surface area contributed by atoms with E-state index >= 15 is 0 Å². The first-order valence-corrected chi connectivity index (χ1v) is 8.24. The van der Waals surface area contributed by atoms with Crippen LogP contribution < -0.4 is 10.6 Å². The van der Waals surface area contributed by atoms with E-state index in [4.69, 9.17) is 4.74 Å². The average molecular weight is 350 g/mol. The van der Waals surface area contributed by atoms with Crippen LogP contribution in [0.2, 0.25) is 0 Å². The monoisotopic (exact) mass is 350 g/mol. The van der Waals surface area contributed by atoms with Gasteiger partial charge in [0.15, 0.2) is 0 Å². The van der Waals surface area contributed by atoms with Gasteiger partial charge in [0.1, 0.15) is 11.6 Å². The quantitative estimate of drug-likeness (QED) is 0.625. The molecule has 0 aromatic heterocycles. The number of ether oxygens (including phenoxy) is 1. The molecule has 0 bridgehead atoms. The van der Waals surface area contributed by atoms with Crippen LogP contribution in [-0.2, 0) is 9.53 Å². The number of rotatable bonds is 8. The molecule has 7 nitrogen and oxygen atoms in total. The van der Waals surface area contributed by atoms with Crippen molar-refractivity contribution in [2.24, 2.45) is 0 Å². The molecule has 1 aromatic carbocycles. The summed E-state index contributed by atoms with van der Waals surface area (Å²) in [5.74, 6) is -1.50. The number of hydrogen-bond donors (Lipinski definition) is 3. The van der Waals surface area contributed by atoms with Crippen LogP contribution in [0.4, 0.5) is 4.79 Å². The number of carboxylic acids is 1. The van der Waals surface area contributed by atoms with Crippen molar-refractivity contribution in [3.63, 3.8) is 0 Å². The fraction of sp³-hybridized carbons (Fsp3) is 0.500. The summed E-state index contributed by atoms with van der Waals surface area (Å²) in [4.78, 5) is 34.8. The van der Waals surface area contributed by atoms with Gasteiger partial charge in [0.2, 0.25) is 0 Å². The summed E-state index contributed by atoms with van der Waals surface area (Å²) in [5, 5.41) is 14.4. The molecule has 0 aliphatic rings. The number of carbonyl (C=O) groups is 3. The molecule has 1 aromatic rings. The maximum atomic E-state index is 12.0. The van der Waals surface area contributed by atoms with Crippen LogP contribution in [0.3, 0.4) is 0 Å². The summed E-state index contributed by atoms with van der Waals surface area (Å²) < 4.78 is 5.10. The first-order chi connectivity index (χ1) is 11.7. The lowest BCUT2D eigenvalue weighted by Crippen LogP contribution is -2.40. The summed E-state index contributed by atoms with van der Waals surface area (Å²) in [5.41, 5.74) is -0.138. The fourth-order valence-electron chi connectivity index (χ4n) is 2.07. The molecule has 138 valence electrons. The number of aliphatic carboxylic acids is 1. The Labute approximate surface area is 147 Å². The predicted molar refractivity (Wildman–Crippen MR) is 93.4 cm³/mol. The van der Waals surface area contributed by atoms with Gasteiger partial charge in [0, 0.05) is 12.1 Å². The molecular weight excluding hydrogens is 324 g/mol. The number of benzene rings is 1. The first-order valence-electron chi connectivity index (χ1n) is 8.24. The Hall–Kier alpha value is -2.57. The second-order valence-electron chi connectivity index (χ2n) is 6.65. The highest BCUT2D eigenvalue weighted by Crippen LogP contribution is 2.07. The van der Waals surface area contributed by atoms with Gasteiger partial charge in [-0.1, -0.05) is 18.2 Å². The van der Waals surface area contributed by atoms with E-state index in [1.54, 1.807) is 51.1 Å². The molecule has 0 aliphatic carbocycles. The Morgan fingerprint density at radius 1 is 1.12 bits per heavy atom. The normalized spacial score (nSPS) is 12.1. The van der Waals surface area contributed by atoms with Crippen molar-refractivity contribution in [2.45, 2.75) is 51.7 Å².